The Hall–Kier alpha value is -3.21. The molecule has 122 valence electrons. The molecule has 3 rings (SSSR count). The lowest BCUT2D eigenvalue weighted by atomic mass is 10.1. The van der Waals surface area contributed by atoms with Gasteiger partial charge in [0.2, 0.25) is 0 Å². The number of rotatable bonds is 5. The van der Waals surface area contributed by atoms with E-state index in [1.165, 1.54) is 0 Å². The summed E-state index contributed by atoms with van der Waals surface area (Å²) in [5, 5.41) is 2.87. The van der Waals surface area contributed by atoms with E-state index in [-0.39, 0.29) is 5.91 Å². The predicted molar refractivity (Wildman–Crippen MR) is 93.3 cm³/mol. The third kappa shape index (κ3) is 3.41. The van der Waals surface area contributed by atoms with Gasteiger partial charge in [0.05, 0.1) is 14.2 Å². The Balaban J connectivity index is 1.77. The Morgan fingerprint density at radius 1 is 0.917 bits per heavy atom. The molecule has 1 N–H and O–H groups in total. The van der Waals surface area contributed by atoms with Gasteiger partial charge in [0, 0.05) is 35.4 Å². The van der Waals surface area contributed by atoms with Crippen LogP contribution in [0.1, 0.15) is 10.4 Å². The molecule has 2 aromatic carbocycles. The molecule has 1 aromatic heterocycles. The molecule has 0 atom stereocenters. The maximum absolute atomic E-state index is 12.4. The summed E-state index contributed by atoms with van der Waals surface area (Å²) in [6, 6.07) is 16.6. The number of nitrogens with one attached hydrogen (secondary N) is 1. The number of aromatic nitrogens is 1. The molecule has 0 bridgehead atoms. The van der Waals surface area contributed by atoms with Crippen LogP contribution in [0.2, 0.25) is 0 Å². The smallest absolute Gasteiger partial charge is 0.255 e. The molecular weight excluding hydrogens is 304 g/mol. The Kier molecular flexibility index (Phi) is 4.52. The number of benzene rings is 2. The molecule has 0 unspecified atom stereocenters. The lowest BCUT2D eigenvalue weighted by Crippen LogP contribution is -2.12. The van der Waals surface area contributed by atoms with Gasteiger partial charge in [-0.1, -0.05) is 0 Å². The molecule has 24 heavy (non-hydrogen) atoms. The van der Waals surface area contributed by atoms with E-state index in [0.29, 0.717) is 17.1 Å². The van der Waals surface area contributed by atoms with Crippen molar-refractivity contribution in [2.75, 3.05) is 19.5 Å². The molecule has 1 amide bonds. The minimum absolute atomic E-state index is 0.221. The van der Waals surface area contributed by atoms with Gasteiger partial charge in [-0.05, 0) is 48.5 Å². The molecule has 3 aromatic rings. The first-order valence-electron chi connectivity index (χ1n) is 7.47. The first-order chi connectivity index (χ1) is 11.7. The van der Waals surface area contributed by atoms with Gasteiger partial charge in [-0.3, -0.25) is 4.79 Å². The fourth-order valence-electron chi connectivity index (χ4n) is 2.37. The minimum Gasteiger partial charge on any atom is -0.497 e. The molecule has 0 aliphatic heterocycles. The maximum atomic E-state index is 12.4. The quantitative estimate of drug-likeness (QED) is 0.778. The van der Waals surface area contributed by atoms with Gasteiger partial charge in [-0.2, -0.15) is 0 Å². The Bertz CT molecular complexity index is 802. The van der Waals surface area contributed by atoms with Gasteiger partial charge in [0.15, 0.2) is 0 Å². The highest BCUT2D eigenvalue weighted by molar-refractivity contribution is 6.04. The van der Waals surface area contributed by atoms with E-state index in [9.17, 15) is 4.79 Å². The standard InChI is InChI=1S/C19H18N2O3/c1-23-17-11-14(12-18(13-17)24-2)19(22)20-15-5-7-16(8-6-15)21-9-3-4-10-21/h3-13H,1-2H3,(H,20,22). The maximum Gasteiger partial charge on any atom is 0.255 e. The SMILES string of the molecule is COc1cc(OC)cc(C(=O)Nc2ccc(-n3cccc3)cc2)c1. The number of hydrogen-bond acceptors (Lipinski definition) is 3. The van der Waals surface area contributed by atoms with Crippen molar-refractivity contribution < 1.29 is 14.3 Å². The van der Waals surface area contributed by atoms with Crippen LogP contribution in [-0.2, 0) is 0 Å². The minimum atomic E-state index is -0.221. The van der Waals surface area contributed by atoms with Crippen molar-refractivity contribution in [3.8, 4) is 17.2 Å². The molecule has 0 radical (unpaired) electrons. The van der Waals surface area contributed by atoms with Gasteiger partial charge in [-0.25, -0.2) is 0 Å². The number of carbonyl (C=O) groups is 1. The predicted octanol–water partition coefficient (Wildman–Crippen LogP) is 3.75. The molecular formula is C19H18N2O3. The van der Waals surface area contributed by atoms with E-state index in [1.54, 1.807) is 32.4 Å². The van der Waals surface area contributed by atoms with Crippen LogP contribution in [0.25, 0.3) is 5.69 Å². The van der Waals surface area contributed by atoms with Crippen LogP contribution in [0.15, 0.2) is 67.0 Å². The summed E-state index contributed by atoms with van der Waals surface area (Å²) >= 11 is 0. The Morgan fingerprint density at radius 3 is 2.04 bits per heavy atom. The second-order valence-electron chi connectivity index (χ2n) is 5.19. The number of methoxy groups -OCH3 is 2. The van der Waals surface area contributed by atoms with Crippen LogP contribution < -0.4 is 14.8 Å². The lowest BCUT2D eigenvalue weighted by Gasteiger charge is -2.10. The molecule has 5 heteroatoms. The fourth-order valence-corrected chi connectivity index (χ4v) is 2.37. The Morgan fingerprint density at radius 2 is 1.50 bits per heavy atom. The zero-order valence-corrected chi connectivity index (χ0v) is 13.5. The van der Waals surface area contributed by atoms with Crippen molar-refractivity contribution in [1.82, 2.24) is 4.57 Å². The monoisotopic (exact) mass is 322 g/mol. The van der Waals surface area contributed by atoms with Gasteiger partial charge in [-0.15, -0.1) is 0 Å². The van der Waals surface area contributed by atoms with Gasteiger partial charge < -0.3 is 19.4 Å². The zero-order valence-electron chi connectivity index (χ0n) is 13.5. The van der Waals surface area contributed by atoms with E-state index < -0.39 is 0 Å². The molecule has 0 aliphatic carbocycles. The molecule has 0 saturated carbocycles. The Labute approximate surface area is 140 Å². The summed E-state index contributed by atoms with van der Waals surface area (Å²) in [5.74, 6) is 0.922. The van der Waals surface area contributed by atoms with Crippen molar-refractivity contribution in [2.24, 2.45) is 0 Å². The number of carbonyl (C=O) groups excluding carboxylic acids is 1. The molecule has 0 fully saturated rings. The number of anilines is 1. The normalized spacial score (nSPS) is 10.2. The average Bonchev–Trinajstić information content (AvgIpc) is 3.16. The topological polar surface area (TPSA) is 52.5 Å². The van der Waals surface area contributed by atoms with Crippen LogP contribution in [0.5, 0.6) is 11.5 Å². The van der Waals surface area contributed by atoms with Crippen molar-refractivity contribution in [3.63, 3.8) is 0 Å². The summed E-state index contributed by atoms with van der Waals surface area (Å²) in [6.07, 6.45) is 3.94. The zero-order chi connectivity index (χ0) is 16.9. The van der Waals surface area contributed by atoms with Crippen LogP contribution >= 0.6 is 0 Å². The van der Waals surface area contributed by atoms with Crippen molar-refractivity contribution in [3.05, 3.63) is 72.6 Å². The van der Waals surface area contributed by atoms with Crippen molar-refractivity contribution in [1.29, 1.82) is 0 Å². The largest absolute Gasteiger partial charge is 0.497 e. The van der Waals surface area contributed by atoms with Crippen LogP contribution in [0.3, 0.4) is 0 Å². The highest BCUT2D eigenvalue weighted by atomic mass is 16.5. The molecule has 1 heterocycles. The van der Waals surface area contributed by atoms with E-state index in [0.717, 1.165) is 11.4 Å². The van der Waals surface area contributed by atoms with Crippen LogP contribution in [0, 0.1) is 0 Å². The average molecular weight is 322 g/mol. The highest BCUT2D eigenvalue weighted by Crippen LogP contribution is 2.23. The molecule has 0 spiro atoms. The van der Waals surface area contributed by atoms with E-state index in [4.69, 9.17) is 9.47 Å². The molecule has 5 nitrogen and oxygen atoms in total. The number of hydrogen-bond donors (Lipinski definition) is 1. The second-order valence-corrected chi connectivity index (χ2v) is 5.19. The summed E-state index contributed by atoms with van der Waals surface area (Å²) in [7, 11) is 3.10. The number of ether oxygens (including phenoxy) is 2. The van der Waals surface area contributed by atoms with E-state index in [1.807, 2.05) is 53.4 Å². The van der Waals surface area contributed by atoms with Gasteiger partial charge >= 0.3 is 0 Å². The first-order valence-corrected chi connectivity index (χ1v) is 7.47. The van der Waals surface area contributed by atoms with E-state index >= 15 is 0 Å². The van der Waals surface area contributed by atoms with Crippen LogP contribution in [-0.4, -0.2) is 24.7 Å². The summed E-state index contributed by atoms with van der Waals surface area (Å²) in [5.41, 5.74) is 2.22. The number of amides is 1. The van der Waals surface area contributed by atoms with Gasteiger partial charge in [0.25, 0.3) is 5.91 Å². The third-order valence-electron chi connectivity index (χ3n) is 3.64. The van der Waals surface area contributed by atoms with Gasteiger partial charge in [0.1, 0.15) is 11.5 Å². The number of nitrogens with zero attached hydrogens (tertiary/aromatic N) is 1. The van der Waals surface area contributed by atoms with Crippen molar-refractivity contribution in [2.45, 2.75) is 0 Å². The fraction of sp³-hybridized carbons (Fsp3) is 0.105. The highest BCUT2D eigenvalue weighted by Gasteiger charge is 2.10. The van der Waals surface area contributed by atoms with Crippen molar-refractivity contribution >= 4 is 11.6 Å². The molecule has 0 aliphatic rings. The third-order valence-corrected chi connectivity index (χ3v) is 3.64. The van der Waals surface area contributed by atoms with E-state index in [2.05, 4.69) is 5.32 Å². The summed E-state index contributed by atoms with van der Waals surface area (Å²) in [6.45, 7) is 0. The lowest BCUT2D eigenvalue weighted by molar-refractivity contribution is 0.102. The van der Waals surface area contributed by atoms with Crippen LogP contribution in [0.4, 0.5) is 5.69 Å². The summed E-state index contributed by atoms with van der Waals surface area (Å²) in [4.78, 5) is 12.4. The first kappa shape index (κ1) is 15.7. The molecule has 0 saturated heterocycles. The summed E-state index contributed by atoms with van der Waals surface area (Å²) < 4.78 is 12.4. The second kappa shape index (κ2) is 6.91.